The largest absolute Gasteiger partial charge is 1.00 e. The van der Waals surface area contributed by atoms with E-state index in [0.717, 1.165) is 13.2 Å². The summed E-state index contributed by atoms with van der Waals surface area (Å²) in [6, 6.07) is 1.39. The maximum atomic E-state index is 15.2. The van der Waals surface area contributed by atoms with Gasteiger partial charge in [0, 0.05) is 13.2 Å². The molecule has 45 heavy (non-hydrogen) atoms. The summed E-state index contributed by atoms with van der Waals surface area (Å²) in [7, 11) is 0. The van der Waals surface area contributed by atoms with Crippen LogP contribution in [0.2, 0.25) is 0 Å². The van der Waals surface area contributed by atoms with Crippen molar-refractivity contribution in [1.82, 2.24) is 4.48 Å². The predicted molar refractivity (Wildman–Crippen MR) is 125 cm³/mol. The molecule has 238 valence electrons. The molecule has 3 aromatic carbocycles. The van der Waals surface area contributed by atoms with E-state index in [4.69, 9.17) is 4.74 Å². The molecule has 0 amide bonds. The van der Waals surface area contributed by atoms with Crippen LogP contribution in [-0.2, 0) is 4.74 Å². The molecular weight excluding hydrogens is 645 g/mol. The number of rotatable bonds is 6. The van der Waals surface area contributed by atoms with Crippen molar-refractivity contribution in [2.75, 3.05) is 13.2 Å². The zero-order chi connectivity index (χ0) is 33.4. The van der Waals surface area contributed by atoms with Crippen molar-refractivity contribution in [2.45, 2.75) is 13.8 Å². The normalized spacial score (nSPS) is 11.3. The summed E-state index contributed by atoms with van der Waals surface area (Å²) in [5, 5.41) is 0. The quantitative estimate of drug-likeness (QED) is 0.135. The van der Waals surface area contributed by atoms with Crippen LogP contribution in [0.4, 0.5) is 65.9 Å². The second kappa shape index (κ2) is 14.3. The Morgan fingerprint density at radius 2 is 0.622 bits per heavy atom. The smallest absolute Gasteiger partial charge is 0.516 e. The first kappa shape index (κ1) is 37.7. The minimum absolute atomic E-state index is 0. The van der Waals surface area contributed by atoms with Gasteiger partial charge in [-0.05, 0) is 38.4 Å². The van der Waals surface area contributed by atoms with E-state index in [9.17, 15) is 39.5 Å². The van der Waals surface area contributed by atoms with Gasteiger partial charge >= 0.3 is 18.9 Å². The van der Waals surface area contributed by atoms with Crippen molar-refractivity contribution < 1.29 is 89.5 Å². The number of aromatic nitrogens is 1. The van der Waals surface area contributed by atoms with Gasteiger partial charge in [0.25, 0.3) is 0 Å². The molecule has 19 heteroatoms. The van der Waals surface area contributed by atoms with Crippen molar-refractivity contribution >= 4 is 22.7 Å². The van der Waals surface area contributed by atoms with Gasteiger partial charge in [0.2, 0.25) is 0 Å². The molecule has 0 aliphatic carbocycles. The molecule has 0 bridgehead atoms. The first-order valence-electron chi connectivity index (χ1n) is 12.0. The van der Waals surface area contributed by atoms with Gasteiger partial charge in [-0.15, -0.1) is 16.4 Å². The summed E-state index contributed by atoms with van der Waals surface area (Å²) in [5.74, 6) is -45.6. The number of hydrogen-bond donors (Lipinski definition) is 0. The predicted octanol–water partition coefficient (Wildman–Crippen LogP) is 3.14. The minimum Gasteiger partial charge on any atom is -0.516 e. The molecule has 2 nitrogen and oxygen atoms in total. The molecule has 4 rings (SSSR count). The van der Waals surface area contributed by atoms with Crippen LogP contribution in [-0.4, -0.2) is 24.0 Å². The monoisotopic (exact) mass is 659 g/mol. The van der Waals surface area contributed by atoms with E-state index in [1.807, 2.05) is 13.8 Å². The van der Waals surface area contributed by atoms with E-state index < -0.39 is 110 Å². The second-order valence-corrected chi connectivity index (χ2v) is 8.68. The van der Waals surface area contributed by atoms with Gasteiger partial charge in [-0.25, -0.2) is 65.9 Å². The van der Waals surface area contributed by atoms with Crippen molar-refractivity contribution in [3.8, 4) is 0 Å². The average Bonchev–Trinajstić information content (AvgIpc) is 3.55. The van der Waals surface area contributed by atoms with Gasteiger partial charge < -0.3 is 9.21 Å². The Morgan fingerprint density at radius 1 is 0.422 bits per heavy atom. The van der Waals surface area contributed by atoms with Crippen LogP contribution in [0.5, 0.6) is 0 Å². The summed E-state index contributed by atoms with van der Waals surface area (Å²) in [6.07, 6.45) is -5.13. The summed E-state index contributed by atoms with van der Waals surface area (Å²) < 4.78 is 223. The van der Waals surface area contributed by atoms with Crippen LogP contribution in [0.3, 0.4) is 0 Å². The third-order valence-corrected chi connectivity index (χ3v) is 6.47. The molecule has 0 N–H and O–H groups in total. The molecular formula is C26H14BF15LiNO. The molecule has 0 atom stereocenters. The van der Waals surface area contributed by atoms with Gasteiger partial charge in [0.1, 0.15) is 34.9 Å². The summed E-state index contributed by atoms with van der Waals surface area (Å²) in [5.41, 5.74) is -8.10. The molecule has 0 fully saturated rings. The number of ether oxygens (including phenoxy) is 1. The first-order valence-corrected chi connectivity index (χ1v) is 12.0. The van der Waals surface area contributed by atoms with Gasteiger partial charge in [-0.3, -0.25) is 0 Å². The zero-order valence-corrected chi connectivity index (χ0v) is 22.8. The fourth-order valence-electron chi connectivity index (χ4n) is 4.66. The Morgan fingerprint density at radius 3 is 0.800 bits per heavy atom. The summed E-state index contributed by atoms with van der Waals surface area (Å²) in [4.78, 5) is 0. The SMILES string of the molecule is CCOCC.Fc1c(F)c(F)c([B-](c2c(F)c(F)c(F)c(F)c2F)(c2c(F)c(F)c(F)c(F)c2F)n2cccc2)c(F)c1F.[Li+]. The fraction of sp³-hybridized carbons (Fsp3) is 0.154. The standard InChI is InChI=1S/C22H4BF15N.C4H10O.Li/c24-8-5(9(25)15(31)20(36)14(8)30)23(39-3-1-2-4-39,6-10(26)16(32)21(37)17(33)11(6)27)7-12(28)18(34)22(38)19(35)13(7)29;1-3-5-4-2;/h1-4H;3-4H2,1-2H3;/q-1;;+1. The molecule has 0 saturated carbocycles. The van der Waals surface area contributed by atoms with Gasteiger partial charge in [0.05, 0.1) is 0 Å². The third kappa shape index (κ3) is 5.83. The molecule has 1 aromatic heterocycles. The molecule has 0 spiro atoms. The van der Waals surface area contributed by atoms with E-state index >= 15 is 26.3 Å². The molecule has 1 heterocycles. The van der Waals surface area contributed by atoms with E-state index in [0.29, 0.717) is 24.5 Å². The second-order valence-electron chi connectivity index (χ2n) is 8.68. The molecule has 4 aromatic rings. The Kier molecular flexibility index (Phi) is 12.0. The van der Waals surface area contributed by atoms with Crippen molar-refractivity contribution in [3.05, 3.63) is 112 Å². The third-order valence-electron chi connectivity index (χ3n) is 6.47. The average molecular weight is 659 g/mol. The molecule has 0 aliphatic heterocycles. The van der Waals surface area contributed by atoms with Crippen LogP contribution in [0.25, 0.3) is 0 Å². The van der Waals surface area contributed by atoms with Crippen molar-refractivity contribution in [1.29, 1.82) is 0 Å². The maximum Gasteiger partial charge on any atom is 1.00 e. The van der Waals surface area contributed by atoms with Crippen molar-refractivity contribution in [3.63, 3.8) is 0 Å². The molecule has 0 radical (unpaired) electrons. The minimum atomic E-state index is -5.76. The van der Waals surface area contributed by atoms with Crippen LogP contribution >= 0.6 is 0 Å². The Bertz CT molecular complexity index is 1480. The zero-order valence-electron chi connectivity index (χ0n) is 22.8. The Hall–Kier alpha value is -3.49. The Labute approximate surface area is 255 Å². The molecule has 0 saturated heterocycles. The molecule has 0 unspecified atom stereocenters. The van der Waals surface area contributed by atoms with Crippen LogP contribution in [0, 0.1) is 87.3 Å². The van der Waals surface area contributed by atoms with Crippen LogP contribution in [0.15, 0.2) is 24.5 Å². The van der Waals surface area contributed by atoms with Crippen LogP contribution < -0.4 is 35.2 Å². The Balaban J connectivity index is 0.00000109. The molecule has 0 aliphatic rings. The number of benzene rings is 3. The summed E-state index contributed by atoms with van der Waals surface area (Å²) >= 11 is 0. The van der Waals surface area contributed by atoms with E-state index in [-0.39, 0.29) is 23.3 Å². The summed E-state index contributed by atoms with van der Waals surface area (Å²) in [6.45, 7) is 5.67. The topological polar surface area (TPSA) is 14.2 Å². The van der Waals surface area contributed by atoms with E-state index in [1.54, 1.807) is 0 Å². The van der Waals surface area contributed by atoms with E-state index in [2.05, 4.69) is 0 Å². The van der Waals surface area contributed by atoms with Gasteiger partial charge in [0.15, 0.2) is 58.6 Å². The van der Waals surface area contributed by atoms with Crippen molar-refractivity contribution in [2.24, 2.45) is 0 Å². The fourth-order valence-corrected chi connectivity index (χ4v) is 4.66. The maximum absolute atomic E-state index is 15.2. The number of hydrogen-bond acceptors (Lipinski definition) is 1. The first-order chi connectivity index (χ1) is 20.5. The van der Waals surface area contributed by atoms with Gasteiger partial charge in [-0.1, -0.05) is 0 Å². The van der Waals surface area contributed by atoms with E-state index in [1.165, 1.54) is 0 Å². The van der Waals surface area contributed by atoms with Gasteiger partial charge in [-0.2, -0.15) is 0 Å². The number of halogens is 15. The number of nitrogens with zero attached hydrogens (tertiary/aromatic N) is 1. The van der Waals surface area contributed by atoms with Crippen LogP contribution in [0.1, 0.15) is 13.8 Å².